The van der Waals surface area contributed by atoms with Crippen molar-refractivity contribution in [2.45, 2.75) is 6.04 Å². The summed E-state index contributed by atoms with van der Waals surface area (Å²) in [6, 6.07) is 16.8. The quantitative estimate of drug-likeness (QED) is 0.316. The van der Waals surface area contributed by atoms with Crippen LogP contribution in [0.25, 0.3) is 22.0 Å². The van der Waals surface area contributed by atoms with Gasteiger partial charge in [-0.15, -0.1) is 0 Å². The largest absolute Gasteiger partial charge is 0.503 e. The molecule has 1 atom stereocenters. The van der Waals surface area contributed by atoms with Gasteiger partial charge in [0, 0.05) is 22.3 Å². The fraction of sp³-hybridized carbons (Fsp3) is 0.0400. The van der Waals surface area contributed by atoms with Crippen LogP contribution in [0, 0.1) is 0 Å². The number of aliphatic hydroxyl groups excluding tert-OH is 1. The lowest BCUT2D eigenvalue weighted by Crippen LogP contribution is -2.32. The number of halogens is 1. The zero-order chi connectivity index (χ0) is 23.4. The van der Waals surface area contributed by atoms with Crippen LogP contribution in [0.5, 0.6) is 0 Å². The van der Waals surface area contributed by atoms with E-state index in [1.807, 2.05) is 24.3 Å². The van der Waals surface area contributed by atoms with Crippen molar-refractivity contribution in [1.29, 1.82) is 0 Å². The number of para-hydroxylation sites is 2. The number of aromatic nitrogens is 3. The number of aliphatic hydroxyl groups is 1. The third-order valence-electron chi connectivity index (χ3n) is 5.76. The highest BCUT2D eigenvalue weighted by atomic mass is 79.9. The predicted molar refractivity (Wildman–Crippen MR) is 128 cm³/mol. The number of rotatable bonds is 4. The number of carbonyl (C=O) groups excluding carboxylic acids is 2. The van der Waals surface area contributed by atoms with Crippen molar-refractivity contribution in [2.24, 2.45) is 0 Å². The number of carbonyl (C=O) groups is 2. The molecule has 9 heteroatoms. The van der Waals surface area contributed by atoms with Gasteiger partial charge in [-0.05, 0) is 48.0 Å². The minimum atomic E-state index is -0.950. The Bertz CT molecular complexity index is 1600. The molecule has 0 saturated carbocycles. The molecule has 0 fully saturated rings. The van der Waals surface area contributed by atoms with Crippen molar-refractivity contribution in [1.82, 2.24) is 15.0 Å². The van der Waals surface area contributed by atoms with Gasteiger partial charge in [-0.1, -0.05) is 34.1 Å². The minimum Gasteiger partial charge on any atom is -0.503 e. The topological polar surface area (TPSA) is 112 Å². The fourth-order valence-corrected chi connectivity index (χ4v) is 4.60. The van der Waals surface area contributed by atoms with Gasteiger partial charge in [-0.3, -0.25) is 19.5 Å². The second-order valence-corrected chi connectivity index (χ2v) is 8.74. The van der Waals surface area contributed by atoms with Crippen molar-refractivity contribution in [3.8, 4) is 0 Å². The molecule has 4 heterocycles. The highest BCUT2D eigenvalue weighted by Gasteiger charge is 2.46. The highest BCUT2D eigenvalue weighted by molar-refractivity contribution is 9.10. The summed E-state index contributed by atoms with van der Waals surface area (Å²) in [5.41, 5.74) is 2.33. The Balaban J connectivity index is 1.50. The number of anilines is 1. The molecule has 1 aliphatic heterocycles. The standard InChI is InChI=1S/C25H15BrN4O4/c26-15-7-8-18-14(10-15)11-19(34-18)22(31)20-21(13-4-3-9-27-12-13)30(24(33)23(20)32)25-28-16-5-1-2-6-17(16)29-25/h1-12,21,32H,(H,28,29). The molecule has 34 heavy (non-hydrogen) atoms. The first-order chi connectivity index (χ1) is 16.5. The van der Waals surface area contributed by atoms with Crippen LogP contribution in [0.3, 0.4) is 0 Å². The van der Waals surface area contributed by atoms with Crippen LogP contribution in [-0.4, -0.2) is 31.7 Å². The number of hydrogen-bond donors (Lipinski definition) is 2. The number of fused-ring (bicyclic) bond motifs is 2. The number of imidazole rings is 1. The minimum absolute atomic E-state index is 0.0165. The number of ketones is 1. The molecule has 0 bridgehead atoms. The van der Waals surface area contributed by atoms with E-state index in [0.29, 0.717) is 22.0 Å². The van der Waals surface area contributed by atoms with Crippen molar-refractivity contribution >= 4 is 55.6 Å². The SMILES string of the molecule is O=C(C1=C(O)C(=O)N(c2nc3ccccc3[nH]2)C1c1cccnc1)c1cc2cc(Br)ccc2o1. The third kappa shape index (κ3) is 3.12. The van der Waals surface area contributed by atoms with Crippen LogP contribution >= 0.6 is 15.9 Å². The molecule has 8 nitrogen and oxygen atoms in total. The Morgan fingerprint density at radius 1 is 1.12 bits per heavy atom. The summed E-state index contributed by atoms with van der Waals surface area (Å²) in [6.45, 7) is 0. The number of aromatic amines is 1. The van der Waals surface area contributed by atoms with E-state index in [1.54, 1.807) is 48.8 Å². The zero-order valence-electron chi connectivity index (χ0n) is 17.4. The summed E-state index contributed by atoms with van der Waals surface area (Å²) in [4.78, 5) is 40.0. The molecule has 1 amide bonds. The van der Waals surface area contributed by atoms with E-state index in [-0.39, 0.29) is 17.3 Å². The maximum absolute atomic E-state index is 13.6. The smallest absolute Gasteiger partial charge is 0.296 e. The van der Waals surface area contributed by atoms with Gasteiger partial charge in [0.1, 0.15) is 5.58 Å². The average Bonchev–Trinajstić information content (AvgIpc) is 3.53. The first-order valence-electron chi connectivity index (χ1n) is 10.4. The van der Waals surface area contributed by atoms with E-state index in [0.717, 1.165) is 9.99 Å². The van der Waals surface area contributed by atoms with Gasteiger partial charge in [-0.2, -0.15) is 0 Å². The second-order valence-electron chi connectivity index (χ2n) is 7.83. The summed E-state index contributed by atoms with van der Waals surface area (Å²) in [7, 11) is 0. The monoisotopic (exact) mass is 514 g/mol. The number of Topliss-reactive ketones (excluding diaryl/α,β-unsaturated/α-hetero) is 1. The summed E-state index contributed by atoms with van der Waals surface area (Å²) >= 11 is 3.41. The van der Waals surface area contributed by atoms with Gasteiger partial charge in [-0.25, -0.2) is 4.98 Å². The van der Waals surface area contributed by atoms with E-state index < -0.39 is 23.5 Å². The molecule has 0 aliphatic carbocycles. The molecule has 5 aromatic rings. The molecular formula is C25H15BrN4O4. The molecule has 3 aromatic heterocycles. The Hall–Kier alpha value is -4.24. The summed E-state index contributed by atoms with van der Waals surface area (Å²) in [6.07, 6.45) is 3.14. The number of hydrogen-bond acceptors (Lipinski definition) is 6. The molecule has 6 rings (SSSR count). The van der Waals surface area contributed by atoms with Gasteiger partial charge in [0.15, 0.2) is 11.5 Å². The lowest BCUT2D eigenvalue weighted by atomic mass is 9.96. The van der Waals surface area contributed by atoms with Crippen LogP contribution < -0.4 is 4.90 Å². The Morgan fingerprint density at radius 3 is 2.76 bits per heavy atom. The number of furan rings is 1. The maximum atomic E-state index is 13.6. The number of H-pyrrole nitrogens is 1. The Kier molecular flexibility index (Phi) is 4.59. The van der Waals surface area contributed by atoms with Crippen LogP contribution in [0.2, 0.25) is 0 Å². The van der Waals surface area contributed by atoms with Crippen molar-refractivity contribution in [3.63, 3.8) is 0 Å². The lowest BCUT2D eigenvalue weighted by Gasteiger charge is -2.23. The normalized spacial score (nSPS) is 16.2. The fourth-order valence-electron chi connectivity index (χ4n) is 4.22. The molecule has 166 valence electrons. The van der Waals surface area contributed by atoms with E-state index in [1.165, 1.54) is 4.90 Å². The molecule has 0 radical (unpaired) electrons. The maximum Gasteiger partial charge on any atom is 0.296 e. The molecule has 0 spiro atoms. The van der Waals surface area contributed by atoms with Crippen LogP contribution in [0.4, 0.5) is 5.95 Å². The lowest BCUT2D eigenvalue weighted by molar-refractivity contribution is -0.117. The number of nitrogens with one attached hydrogen (secondary N) is 1. The summed E-state index contributed by atoms with van der Waals surface area (Å²) in [5, 5.41) is 11.6. The number of benzene rings is 2. The van der Waals surface area contributed by atoms with E-state index in [4.69, 9.17) is 4.42 Å². The van der Waals surface area contributed by atoms with Crippen LogP contribution in [0.15, 0.2) is 93.3 Å². The number of nitrogens with zero attached hydrogens (tertiary/aromatic N) is 3. The third-order valence-corrected chi connectivity index (χ3v) is 6.25. The first kappa shape index (κ1) is 20.4. The van der Waals surface area contributed by atoms with Gasteiger partial charge < -0.3 is 14.5 Å². The molecule has 1 aliphatic rings. The van der Waals surface area contributed by atoms with Gasteiger partial charge in [0.25, 0.3) is 5.91 Å². The van der Waals surface area contributed by atoms with Crippen molar-refractivity contribution in [2.75, 3.05) is 4.90 Å². The van der Waals surface area contributed by atoms with Crippen LogP contribution in [0.1, 0.15) is 22.2 Å². The number of pyridine rings is 1. The van der Waals surface area contributed by atoms with E-state index in [2.05, 4.69) is 30.9 Å². The van der Waals surface area contributed by atoms with Gasteiger partial charge in [0.2, 0.25) is 11.7 Å². The van der Waals surface area contributed by atoms with Crippen LogP contribution in [-0.2, 0) is 4.79 Å². The molecule has 0 saturated heterocycles. The summed E-state index contributed by atoms with van der Waals surface area (Å²) in [5.74, 6) is -1.76. The number of amides is 1. The van der Waals surface area contributed by atoms with Gasteiger partial charge >= 0.3 is 0 Å². The molecule has 1 unspecified atom stereocenters. The first-order valence-corrected chi connectivity index (χ1v) is 11.2. The predicted octanol–water partition coefficient (Wildman–Crippen LogP) is 5.25. The van der Waals surface area contributed by atoms with E-state index >= 15 is 0 Å². The molecular weight excluding hydrogens is 500 g/mol. The zero-order valence-corrected chi connectivity index (χ0v) is 19.0. The summed E-state index contributed by atoms with van der Waals surface area (Å²) < 4.78 is 6.60. The van der Waals surface area contributed by atoms with Crippen molar-refractivity contribution in [3.05, 3.63) is 100 Å². The van der Waals surface area contributed by atoms with E-state index in [9.17, 15) is 14.7 Å². The second kappa shape index (κ2) is 7.67. The Labute approximate surface area is 200 Å². The Morgan fingerprint density at radius 2 is 1.97 bits per heavy atom. The highest BCUT2D eigenvalue weighted by Crippen LogP contribution is 2.41. The average molecular weight is 515 g/mol. The molecule has 2 aromatic carbocycles. The van der Waals surface area contributed by atoms with Gasteiger partial charge in [0.05, 0.1) is 22.6 Å². The van der Waals surface area contributed by atoms with Crippen molar-refractivity contribution < 1.29 is 19.1 Å². The molecule has 2 N–H and O–H groups in total.